The number of likely N-dealkylation sites (N-methyl/N-ethyl adjacent to an activating group) is 1. The van der Waals surface area contributed by atoms with Gasteiger partial charge in [0.2, 0.25) is 21.8 Å². The predicted molar refractivity (Wildman–Crippen MR) is 98.3 cm³/mol. The van der Waals surface area contributed by atoms with Crippen molar-refractivity contribution in [1.29, 1.82) is 0 Å². The van der Waals surface area contributed by atoms with Crippen molar-refractivity contribution in [3.63, 3.8) is 0 Å². The third kappa shape index (κ3) is 3.83. The molecule has 0 unspecified atom stereocenters. The van der Waals surface area contributed by atoms with Crippen molar-refractivity contribution in [1.82, 2.24) is 4.31 Å². The number of carbonyl (C=O) groups excluding carboxylic acids is 2. The van der Waals surface area contributed by atoms with Gasteiger partial charge in [-0.1, -0.05) is 0 Å². The van der Waals surface area contributed by atoms with Crippen LogP contribution in [0.4, 0.5) is 15.8 Å². The van der Waals surface area contributed by atoms with Crippen LogP contribution in [0.5, 0.6) is 0 Å². The molecule has 142 valence electrons. The maximum Gasteiger partial charge on any atom is 0.243 e. The zero-order valence-electron chi connectivity index (χ0n) is 14.7. The molecular weight excluding hydrogens is 373 g/mol. The van der Waals surface area contributed by atoms with Gasteiger partial charge >= 0.3 is 0 Å². The van der Waals surface area contributed by atoms with Crippen molar-refractivity contribution in [2.45, 2.75) is 17.7 Å². The van der Waals surface area contributed by atoms with Gasteiger partial charge in [-0.3, -0.25) is 9.59 Å². The van der Waals surface area contributed by atoms with Crippen molar-refractivity contribution in [3.05, 3.63) is 53.8 Å². The SMILES string of the molecule is C[C@@H]1C(=O)Nc2ccc(S(=O)(=O)N(C)CC(=O)Nc3ccc(F)cc3)cc21. The van der Waals surface area contributed by atoms with Gasteiger partial charge in [0.1, 0.15) is 5.82 Å². The molecule has 1 heterocycles. The molecule has 27 heavy (non-hydrogen) atoms. The Kier molecular flexibility index (Phi) is 4.99. The molecule has 2 amide bonds. The second kappa shape index (κ2) is 7.09. The monoisotopic (exact) mass is 391 g/mol. The molecule has 0 saturated heterocycles. The number of hydrogen-bond donors (Lipinski definition) is 2. The van der Waals surface area contributed by atoms with Crippen molar-refractivity contribution in [2.24, 2.45) is 0 Å². The third-order valence-corrected chi connectivity index (χ3v) is 6.14. The Balaban J connectivity index is 1.74. The van der Waals surface area contributed by atoms with Crippen LogP contribution in [0.15, 0.2) is 47.4 Å². The molecule has 0 bridgehead atoms. The van der Waals surface area contributed by atoms with E-state index in [0.717, 1.165) is 4.31 Å². The van der Waals surface area contributed by atoms with Gasteiger partial charge < -0.3 is 10.6 Å². The van der Waals surface area contributed by atoms with Crippen LogP contribution in [0, 0.1) is 5.82 Å². The first-order chi connectivity index (χ1) is 12.7. The summed E-state index contributed by atoms with van der Waals surface area (Å²) >= 11 is 0. The number of amides is 2. The van der Waals surface area contributed by atoms with E-state index in [0.29, 0.717) is 16.9 Å². The summed E-state index contributed by atoms with van der Waals surface area (Å²) in [6.07, 6.45) is 0. The predicted octanol–water partition coefficient (Wildman–Crippen LogP) is 2.14. The number of halogens is 1. The van der Waals surface area contributed by atoms with Gasteiger partial charge in [0.15, 0.2) is 0 Å². The lowest BCUT2D eigenvalue weighted by Crippen LogP contribution is -2.35. The van der Waals surface area contributed by atoms with E-state index in [1.807, 2.05) is 0 Å². The summed E-state index contributed by atoms with van der Waals surface area (Å²) in [6.45, 7) is 1.28. The van der Waals surface area contributed by atoms with Crippen molar-refractivity contribution < 1.29 is 22.4 Å². The lowest BCUT2D eigenvalue weighted by molar-refractivity contribution is -0.117. The molecular formula is C18H18FN3O4S. The zero-order valence-corrected chi connectivity index (χ0v) is 15.5. The van der Waals surface area contributed by atoms with Crippen LogP contribution in [0.25, 0.3) is 0 Å². The van der Waals surface area contributed by atoms with Crippen LogP contribution < -0.4 is 10.6 Å². The highest BCUT2D eigenvalue weighted by Crippen LogP contribution is 2.34. The minimum absolute atomic E-state index is 0.00156. The number of benzene rings is 2. The van der Waals surface area contributed by atoms with Crippen molar-refractivity contribution in [2.75, 3.05) is 24.2 Å². The molecule has 0 aliphatic carbocycles. The number of rotatable bonds is 5. The quantitative estimate of drug-likeness (QED) is 0.816. The molecule has 2 aromatic rings. The second-order valence-electron chi connectivity index (χ2n) is 6.28. The van der Waals surface area contributed by atoms with E-state index in [4.69, 9.17) is 0 Å². The molecule has 1 aliphatic heterocycles. The average Bonchev–Trinajstić information content (AvgIpc) is 2.90. The van der Waals surface area contributed by atoms with E-state index < -0.39 is 34.2 Å². The number of sulfonamides is 1. The molecule has 1 aliphatic rings. The van der Waals surface area contributed by atoms with Gasteiger partial charge in [-0.25, -0.2) is 12.8 Å². The number of fused-ring (bicyclic) bond motifs is 1. The van der Waals surface area contributed by atoms with Crippen LogP contribution in [0.2, 0.25) is 0 Å². The molecule has 9 heteroatoms. The number of nitrogens with zero attached hydrogens (tertiary/aromatic N) is 1. The molecule has 0 fully saturated rings. The Hall–Kier alpha value is -2.78. The van der Waals surface area contributed by atoms with Gasteiger partial charge in [-0.05, 0) is 55.0 Å². The van der Waals surface area contributed by atoms with E-state index in [1.54, 1.807) is 6.92 Å². The Bertz CT molecular complexity index is 1010. The molecule has 3 rings (SSSR count). The van der Waals surface area contributed by atoms with E-state index in [-0.39, 0.29) is 10.8 Å². The average molecular weight is 391 g/mol. The molecule has 2 aromatic carbocycles. The summed E-state index contributed by atoms with van der Waals surface area (Å²) in [5.74, 6) is -1.63. The first kappa shape index (κ1) is 19.0. The van der Waals surface area contributed by atoms with Crippen LogP contribution in [-0.2, 0) is 19.6 Å². The summed E-state index contributed by atoms with van der Waals surface area (Å²) < 4.78 is 39.3. The fraction of sp³-hybridized carbons (Fsp3) is 0.222. The maximum absolute atomic E-state index is 12.9. The lowest BCUT2D eigenvalue weighted by atomic mass is 10.0. The van der Waals surface area contributed by atoms with Crippen LogP contribution >= 0.6 is 0 Å². The van der Waals surface area contributed by atoms with Crippen molar-refractivity contribution >= 4 is 33.2 Å². The minimum atomic E-state index is -3.92. The lowest BCUT2D eigenvalue weighted by Gasteiger charge is -2.17. The minimum Gasteiger partial charge on any atom is -0.325 e. The largest absolute Gasteiger partial charge is 0.325 e. The van der Waals surface area contributed by atoms with Gasteiger partial charge in [-0.2, -0.15) is 4.31 Å². The van der Waals surface area contributed by atoms with Crippen LogP contribution in [0.3, 0.4) is 0 Å². The Morgan fingerprint density at radius 3 is 2.56 bits per heavy atom. The molecule has 0 aromatic heterocycles. The highest BCUT2D eigenvalue weighted by Gasteiger charge is 2.30. The maximum atomic E-state index is 12.9. The summed E-state index contributed by atoms with van der Waals surface area (Å²) in [5.41, 5.74) is 1.55. The highest BCUT2D eigenvalue weighted by atomic mass is 32.2. The number of anilines is 2. The Morgan fingerprint density at radius 1 is 1.22 bits per heavy atom. The zero-order chi connectivity index (χ0) is 19.8. The van der Waals surface area contributed by atoms with Gasteiger partial charge in [0.05, 0.1) is 17.4 Å². The standard InChI is InChI=1S/C18H18FN3O4S/c1-11-15-9-14(7-8-16(15)21-18(11)24)27(25,26)22(2)10-17(23)20-13-5-3-12(19)4-6-13/h3-9,11H,10H2,1-2H3,(H,20,23)(H,21,24)/t11-/m0/s1. The summed E-state index contributed by atoms with van der Waals surface area (Å²) in [5, 5.41) is 5.19. The summed E-state index contributed by atoms with van der Waals surface area (Å²) in [4.78, 5) is 23.8. The number of hydrogen-bond acceptors (Lipinski definition) is 4. The van der Waals surface area contributed by atoms with E-state index in [2.05, 4.69) is 10.6 Å². The van der Waals surface area contributed by atoms with Crippen LogP contribution in [0.1, 0.15) is 18.4 Å². The van der Waals surface area contributed by atoms with E-state index in [9.17, 15) is 22.4 Å². The summed E-state index contributed by atoms with van der Waals surface area (Å²) in [7, 11) is -2.63. The third-order valence-electron chi connectivity index (χ3n) is 4.34. The molecule has 0 saturated carbocycles. The number of nitrogens with one attached hydrogen (secondary N) is 2. The second-order valence-corrected chi connectivity index (χ2v) is 8.32. The highest BCUT2D eigenvalue weighted by molar-refractivity contribution is 7.89. The fourth-order valence-electron chi connectivity index (χ4n) is 2.76. The first-order valence-corrected chi connectivity index (χ1v) is 9.59. The van der Waals surface area contributed by atoms with E-state index >= 15 is 0 Å². The Morgan fingerprint density at radius 2 is 1.89 bits per heavy atom. The van der Waals surface area contributed by atoms with Gasteiger partial charge in [-0.15, -0.1) is 0 Å². The molecule has 0 radical (unpaired) electrons. The van der Waals surface area contributed by atoms with Gasteiger partial charge in [0.25, 0.3) is 0 Å². The molecule has 2 N–H and O–H groups in total. The smallest absolute Gasteiger partial charge is 0.243 e. The fourth-order valence-corrected chi connectivity index (χ4v) is 3.92. The number of carbonyl (C=O) groups is 2. The molecule has 1 atom stereocenters. The normalized spacial score (nSPS) is 16.1. The van der Waals surface area contributed by atoms with Gasteiger partial charge in [0, 0.05) is 18.4 Å². The van der Waals surface area contributed by atoms with E-state index in [1.165, 1.54) is 49.5 Å². The molecule has 0 spiro atoms. The topological polar surface area (TPSA) is 95.6 Å². The Labute approximate surface area is 156 Å². The molecule has 7 nitrogen and oxygen atoms in total. The van der Waals surface area contributed by atoms with Crippen molar-refractivity contribution in [3.8, 4) is 0 Å². The first-order valence-electron chi connectivity index (χ1n) is 8.15. The van der Waals surface area contributed by atoms with Crippen LogP contribution in [-0.4, -0.2) is 38.1 Å². The summed E-state index contributed by atoms with van der Waals surface area (Å²) in [6, 6.07) is 9.52.